The average molecular weight is 421 g/mol. The molecule has 1 N–H and O–H groups in total. The standard InChI is InChI=1S/C25H25ClN2O2/c26-21-3-1-2-19(12-21)23-13-20-16-27(14-17-6-8-22(29)9-7-17)11-10-24(20)28(25(23)30)15-18-4-5-18/h1-3,6-9,12-13,18,29H,4-5,10-11,14-16H2. The molecule has 1 fully saturated rings. The first-order valence-corrected chi connectivity index (χ1v) is 11.0. The second-order valence-electron chi connectivity index (χ2n) is 8.53. The van der Waals surface area contributed by atoms with E-state index in [2.05, 4.69) is 11.0 Å². The Morgan fingerprint density at radius 2 is 1.87 bits per heavy atom. The summed E-state index contributed by atoms with van der Waals surface area (Å²) in [4.78, 5) is 15.8. The minimum absolute atomic E-state index is 0.106. The van der Waals surface area contributed by atoms with Crippen LogP contribution in [0.1, 0.15) is 29.7 Å². The summed E-state index contributed by atoms with van der Waals surface area (Å²) in [5.41, 5.74) is 5.33. The molecule has 2 heterocycles. The highest BCUT2D eigenvalue weighted by molar-refractivity contribution is 6.30. The van der Waals surface area contributed by atoms with E-state index in [-0.39, 0.29) is 11.3 Å². The maximum atomic E-state index is 13.4. The first-order valence-electron chi connectivity index (χ1n) is 10.6. The zero-order valence-corrected chi connectivity index (χ0v) is 17.6. The number of nitrogens with zero attached hydrogens (tertiary/aromatic N) is 2. The summed E-state index contributed by atoms with van der Waals surface area (Å²) in [6, 6.07) is 17.1. The van der Waals surface area contributed by atoms with Crippen molar-refractivity contribution < 1.29 is 5.11 Å². The van der Waals surface area contributed by atoms with Crippen LogP contribution in [0.2, 0.25) is 5.02 Å². The molecule has 0 bridgehead atoms. The predicted octanol–water partition coefficient (Wildman–Crippen LogP) is 4.84. The Hall–Kier alpha value is -2.56. The van der Waals surface area contributed by atoms with Crippen LogP contribution in [-0.2, 0) is 26.1 Å². The lowest BCUT2D eigenvalue weighted by molar-refractivity contribution is 0.239. The summed E-state index contributed by atoms with van der Waals surface area (Å²) in [5.74, 6) is 0.925. The Bertz CT molecular complexity index is 1130. The number of benzene rings is 2. The fourth-order valence-electron chi connectivity index (χ4n) is 4.39. The van der Waals surface area contributed by atoms with Crippen molar-refractivity contribution in [2.75, 3.05) is 6.54 Å². The van der Waals surface area contributed by atoms with Gasteiger partial charge in [-0.1, -0.05) is 35.9 Å². The van der Waals surface area contributed by atoms with Crippen LogP contribution in [0.3, 0.4) is 0 Å². The number of hydrogen-bond donors (Lipinski definition) is 1. The SMILES string of the molecule is O=c1c(-c2cccc(Cl)c2)cc2c(n1CC1CC1)CCN(Cc1ccc(O)cc1)C2. The molecule has 1 aliphatic carbocycles. The molecular weight excluding hydrogens is 396 g/mol. The van der Waals surface area contributed by atoms with E-state index in [1.54, 1.807) is 12.1 Å². The van der Waals surface area contributed by atoms with Crippen LogP contribution in [0.4, 0.5) is 0 Å². The van der Waals surface area contributed by atoms with Gasteiger partial charge in [0.2, 0.25) is 0 Å². The average Bonchev–Trinajstić information content (AvgIpc) is 3.56. The molecule has 5 heteroatoms. The highest BCUT2D eigenvalue weighted by atomic mass is 35.5. The number of hydrogen-bond acceptors (Lipinski definition) is 3. The summed E-state index contributed by atoms with van der Waals surface area (Å²) in [6.45, 7) is 3.39. The van der Waals surface area contributed by atoms with Crippen LogP contribution in [0, 0.1) is 5.92 Å². The molecule has 3 aromatic rings. The van der Waals surface area contributed by atoms with E-state index in [1.165, 1.54) is 29.7 Å². The predicted molar refractivity (Wildman–Crippen MR) is 120 cm³/mol. The highest BCUT2D eigenvalue weighted by Crippen LogP contribution is 2.33. The van der Waals surface area contributed by atoms with Crippen LogP contribution < -0.4 is 5.56 Å². The normalized spacial score (nSPS) is 16.4. The van der Waals surface area contributed by atoms with Gasteiger partial charge in [-0.3, -0.25) is 9.69 Å². The molecule has 0 spiro atoms. The molecule has 5 rings (SSSR count). The molecule has 2 aromatic carbocycles. The maximum Gasteiger partial charge on any atom is 0.258 e. The Kier molecular flexibility index (Phi) is 5.13. The van der Waals surface area contributed by atoms with Gasteiger partial charge >= 0.3 is 0 Å². The van der Waals surface area contributed by atoms with Crippen LogP contribution in [0.5, 0.6) is 5.75 Å². The van der Waals surface area contributed by atoms with Gasteiger partial charge in [0.15, 0.2) is 0 Å². The molecule has 154 valence electrons. The van der Waals surface area contributed by atoms with Gasteiger partial charge in [-0.25, -0.2) is 0 Å². The second-order valence-corrected chi connectivity index (χ2v) is 8.96. The van der Waals surface area contributed by atoms with Gasteiger partial charge in [-0.15, -0.1) is 0 Å². The summed E-state index contributed by atoms with van der Waals surface area (Å²) in [6.07, 6.45) is 3.32. The van der Waals surface area contributed by atoms with Gasteiger partial charge in [0.05, 0.1) is 0 Å². The van der Waals surface area contributed by atoms with Crippen LogP contribution >= 0.6 is 11.6 Å². The van der Waals surface area contributed by atoms with E-state index in [0.717, 1.165) is 43.7 Å². The van der Waals surface area contributed by atoms with Crippen molar-refractivity contribution in [3.63, 3.8) is 0 Å². The Morgan fingerprint density at radius 1 is 1.07 bits per heavy atom. The fourth-order valence-corrected chi connectivity index (χ4v) is 4.58. The number of aromatic nitrogens is 1. The molecule has 0 saturated heterocycles. The van der Waals surface area contributed by atoms with Gasteiger partial charge in [0.25, 0.3) is 5.56 Å². The Labute approximate surface area is 181 Å². The first-order chi connectivity index (χ1) is 14.6. The summed E-state index contributed by atoms with van der Waals surface area (Å²) >= 11 is 6.21. The highest BCUT2D eigenvalue weighted by Gasteiger charge is 2.27. The Morgan fingerprint density at radius 3 is 2.60 bits per heavy atom. The van der Waals surface area contributed by atoms with Crippen LogP contribution in [0.25, 0.3) is 11.1 Å². The zero-order valence-electron chi connectivity index (χ0n) is 16.9. The lowest BCUT2D eigenvalue weighted by Gasteiger charge is -2.31. The van der Waals surface area contributed by atoms with Crippen LogP contribution in [0.15, 0.2) is 59.4 Å². The third-order valence-electron chi connectivity index (χ3n) is 6.17. The minimum atomic E-state index is 0.106. The largest absolute Gasteiger partial charge is 0.508 e. The topological polar surface area (TPSA) is 45.5 Å². The molecule has 0 amide bonds. The Balaban J connectivity index is 1.51. The van der Waals surface area contributed by atoms with Crippen molar-refractivity contribution >= 4 is 11.6 Å². The summed E-state index contributed by atoms with van der Waals surface area (Å²) < 4.78 is 2.04. The molecular formula is C25H25ClN2O2. The van der Waals surface area contributed by atoms with Crippen molar-refractivity contribution in [3.8, 4) is 16.9 Å². The number of phenols is 1. The smallest absolute Gasteiger partial charge is 0.258 e. The van der Waals surface area contributed by atoms with Crippen molar-refractivity contribution in [2.24, 2.45) is 5.92 Å². The van der Waals surface area contributed by atoms with E-state index in [1.807, 2.05) is 41.0 Å². The minimum Gasteiger partial charge on any atom is -0.508 e. The monoisotopic (exact) mass is 420 g/mol. The quantitative estimate of drug-likeness (QED) is 0.642. The fraction of sp³-hybridized carbons (Fsp3) is 0.320. The van der Waals surface area contributed by atoms with Crippen molar-refractivity contribution in [1.82, 2.24) is 9.47 Å². The molecule has 0 radical (unpaired) electrons. The number of aromatic hydroxyl groups is 1. The second kappa shape index (κ2) is 7.93. The lowest BCUT2D eigenvalue weighted by atomic mass is 9.98. The number of pyridine rings is 1. The molecule has 1 saturated carbocycles. The van der Waals surface area contributed by atoms with Crippen molar-refractivity contribution in [1.29, 1.82) is 0 Å². The number of phenolic OH excluding ortho intramolecular Hbond substituents is 1. The molecule has 1 aliphatic heterocycles. The molecule has 0 unspecified atom stereocenters. The first kappa shape index (κ1) is 19.4. The molecule has 2 aliphatic rings. The van der Waals surface area contributed by atoms with Gasteiger partial charge in [-0.2, -0.15) is 0 Å². The number of rotatable bonds is 5. The molecule has 30 heavy (non-hydrogen) atoms. The lowest BCUT2D eigenvalue weighted by Crippen LogP contribution is -2.36. The third-order valence-corrected chi connectivity index (χ3v) is 6.40. The van der Waals surface area contributed by atoms with Crippen molar-refractivity contribution in [2.45, 2.75) is 38.9 Å². The summed E-state index contributed by atoms with van der Waals surface area (Å²) in [7, 11) is 0. The van der Waals surface area contributed by atoms with Gasteiger partial charge < -0.3 is 9.67 Å². The van der Waals surface area contributed by atoms with E-state index in [9.17, 15) is 9.90 Å². The maximum absolute atomic E-state index is 13.4. The molecule has 4 nitrogen and oxygen atoms in total. The van der Waals surface area contributed by atoms with E-state index < -0.39 is 0 Å². The summed E-state index contributed by atoms with van der Waals surface area (Å²) in [5, 5.41) is 10.2. The zero-order chi connectivity index (χ0) is 20.7. The number of halogens is 1. The van der Waals surface area contributed by atoms with Crippen molar-refractivity contribution in [3.05, 3.63) is 86.8 Å². The van der Waals surface area contributed by atoms with E-state index >= 15 is 0 Å². The molecule has 0 atom stereocenters. The third kappa shape index (κ3) is 4.03. The van der Waals surface area contributed by atoms with Gasteiger partial charge in [0, 0.05) is 48.9 Å². The number of fused-ring (bicyclic) bond motifs is 1. The van der Waals surface area contributed by atoms with Crippen LogP contribution in [-0.4, -0.2) is 21.1 Å². The van der Waals surface area contributed by atoms with Gasteiger partial charge in [0.1, 0.15) is 5.75 Å². The van der Waals surface area contributed by atoms with Gasteiger partial charge in [-0.05, 0) is 65.8 Å². The van der Waals surface area contributed by atoms with E-state index in [0.29, 0.717) is 10.9 Å². The van der Waals surface area contributed by atoms with E-state index in [4.69, 9.17) is 11.6 Å². The molecule has 1 aromatic heterocycles.